The van der Waals surface area contributed by atoms with Crippen LogP contribution in [0.3, 0.4) is 0 Å². The van der Waals surface area contributed by atoms with Crippen LogP contribution in [0, 0.1) is 0 Å². The van der Waals surface area contributed by atoms with E-state index < -0.39 is 0 Å². The number of benzene rings is 2. The van der Waals surface area contributed by atoms with E-state index in [1.165, 1.54) is 5.56 Å². The van der Waals surface area contributed by atoms with Crippen LogP contribution in [0.1, 0.15) is 28.5 Å². The summed E-state index contributed by atoms with van der Waals surface area (Å²) in [6.45, 7) is 2.90. The smallest absolute Gasteiger partial charge is 0.276 e. The number of aryl methyl sites for hydroxylation is 1. The largest absolute Gasteiger partial charge is 0.454 e. The second kappa shape index (κ2) is 7.96. The molecule has 4 rings (SSSR count). The lowest BCUT2D eigenvalue weighted by Gasteiger charge is -2.08. The Bertz CT molecular complexity index is 972. The van der Waals surface area contributed by atoms with Gasteiger partial charge in [0.1, 0.15) is 5.82 Å². The van der Waals surface area contributed by atoms with Crippen LogP contribution in [-0.2, 0) is 13.0 Å². The van der Waals surface area contributed by atoms with Crippen molar-refractivity contribution in [2.24, 2.45) is 0 Å². The highest BCUT2D eigenvalue weighted by molar-refractivity contribution is 6.02. The van der Waals surface area contributed by atoms with Crippen molar-refractivity contribution in [3.63, 3.8) is 0 Å². The average molecular weight is 376 g/mol. The Balaban J connectivity index is 1.34. The molecule has 28 heavy (non-hydrogen) atoms. The number of hydrogen-bond acceptors (Lipinski definition) is 6. The minimum absolute atomic E-state index is 0.254. The van der Waals surface area contributed by atoms with Crippen LogP contribution in [0.2, 0.25) is 0 Å². The van der Waals surface area contributed by atoms with Gasteiger partial charge in [0.2, 0.25) is 6.79 Å². The highest BCUT2D eigenvalue weighted by atomic mass is 16.7. The van der Waals surface area contributed by atoms with Gasteiger partial charge in [-0.15, -0.1) is 10.2 Å². The van der Waals surface area contributed by atoms with Gasteiger partial charge in [-0.25, -0.2) is 0 Å². The van der Waals surface area contributed by atoms with E-state index in [-0.39, 0.29) is 18.4 Å². The molecular weight excluding hydrogens is 356 g/mol. The van der Waals surface area contributed by atoms with Gasteiger partial charge in [-0.05, 0) is 53.9 Å². The van der Waals surface area contributed by atoms with Crippen molar-refractivity contribution in [2.75, 3.05) is 17.4 Å². The number of carbonyl (C=O) groups excluding carboxylic acids is 1. The third-order valence-corrected chi connectivity index (χ3v) is 4.43. The van der Waals surface area contributed by atoms with Gasteiger partial charge in [0.15, 0.2) is 17.2 Å². The van der Waals surface area contributed by atoms with Gasteiger partial charge in [0.25, 0.3) is 5.91 Å². The Kier molecular flexibility index (Phi) is 5.05. The molecule has 2 N–H and O–H groups in total. The quantitative estimate of drug-likeness (QED) is 0.683. The van der Waals surface area contributed by atoms with Crippen molar-refractivity contribution in [1.29, 1.82) is 0 Å². The lowest BCUT2D eigenvalue weighted by atomic mass is 10.1. The summed E-state index contributed by atoms with van der Waals surface area (Å²) in [6, 6.07) is 16.9. The summed E-state index contributed by atoms with van der Waals surface area (Å²) in [5, 5.41) is 14.1. The first-order valence-electron chi connectivity index (χ1n) is 9.07. The van der Waals surface area contributed by atoms with E-state index in [0.717, 1.165) is 29.2 Å². The molecule has 7 nitrogen and oxygen atoms in total. The molecule has 0 atom stereocenters. The fraction of sp³-hybridized carbons (Fsp3) is 0.190. The summed E-state index contributed by atoms with van der Waals surface area (Å²) >= 11 is 0. The predicted molar refractivity (Wildman–Crippen MR) is 106 cm³/mol. The topological polar surface area (TPSA) is 85.4 Å². The maximum absolute atomic E-state index is 12.3. The first-order chi connectivity index (χ1) is 13.7. The van der Waals surface area contributed by atoms with Gasteiger partial charge in [0, 0.05) is 12.2 Å². The Labute approximate surface area is 162 Å². The van der Waals surface area contributed by atoms with E-state index in [0.29, 0.717) is 12.4 Å². The summed E-state index contributed by atoms with van der Waals surface area (Å²) in [5.74, 6) is 1.79. The van der Waals surface area contributed by atoms with Crippen molar-refractivity contribution in [3.8, 4) is 11.5 Å². The van der Waals surface area contributed by atoms with Gasteiger partial charge in [-0.3, -0.25) is 4.79 Å². The number of carbonyl (C=O) groups is 1. The average Bonchev–Trinajstić information content (AvgIpc) is 3.21. The summed E-state index contributed by atoms with van der Waals surface area (Å²) in [6.07, 6.45) is 0.959. The molecule has 0 unspecified atom stereocenters. The first-order valence-corrected chi connectivity index (χ1v) is 9.07. The van der Waals surface area contributed by atoms with Crippen LogP contribution < -0.4 is 20.1 Å². The lowest BCUT2D eigenvalue weighted by Crippen LogP contribution is -2.15. The minimum Gasteiger partial charge on any atom is -0.454 e. The molecule has 2 aromatic carbocycles. The molecule has 2 heterocycles. The molecule has 0 fully saturated rings. The number of rotatable bonds is 6. The minimum atomic E-state index is -0.293. The van der Waals surface area contributed by atoms with Crippen LogP contribution in [0.4, 0.5) is 11.5 Å². The van der Waals surface area contributed by atoms with E-state index in [9.17, 15) is 4.79 Å². The number of nitrogens with one attached hydrogen (secondary N) is 2. The Morgan fingerprint density at radius 1 is 0.964 bits per heavy atom. The lowest BCUT2D eigenvalue weighted by molar-refractivity contribution is 0.102. The van der Waals surface area contributed by atoms with Crippen molar-refractivity contribution in [1.82, 2.24) is 10.2 Å². The second-order valence-electron chi connectivity index (χ2n) is 6.35. The normalized spacial score (nSPS) is 11.9. The SMILES string of the molecule is CCc1ccc(NC(=O)c2ccc(NCc3ccc4c(c3)OCO4)nn2)cc1. The Morgan fingerprint density at radius 2 is 1.75 bits per heavy atom. The van der Waals surface area contributed by atoms with Crippen molar-refractivity contribution >= 4 is 17.4 Å². The monoisotopic (exact) mass is 376 g/mol. The zero-order valence-corrected chi connectivity index (χ0v) is 15.4. The fourth-order valence-corrected chi connectivity index (χ4v) is 2.81. The third kappa shape index (κ3) is 4.03. The molecule has 1 amide bonds. The molecule has 3 aromatic rings. The zero-order chi connectivity index (χ0) is 19.3. The van der Waals surface area contributed by atoms with Gasteiger partial charge >= 0.3 is 0 Å². The van der Waals surface area contributed by atoms with Gasteiger partial charge in [-0.2, -0.15) is 0 Å². The van der Waals surface area contributed by atoms with E-state index in [1.54, 1.807) is 12.1 Å². The number of nitrogens with zero attached hydrogens (tertiary/aromatic N) is 2. The maximum atomic E-state index is 12.3. The molecular formula is C21H20N4O3. The van der Waals surface area contributed by atoms with Crippen LogP contribution in [0.15, 0.2) is 54.6 Å². The molecule has 0 aliphatic carbocycles. The van der Waals surface area contributed by atoms with Crippen molar-refractivity contribution in [2.45, 2.75) is 19.9 Å². The molecule has 0 saturated carbocycles. The maximum Gasteiger partial charge on any atom is 0.276 e. The Morgan fingerprint density at radius 3 is 2.50 bits per heavy atom. The number of fused-ring (bicyclic) bond motifs is 1. The van der Waals surface area contributed by atoms with E-state index in [1.807, 2.05) is 42.5 Å². The van der Waals surface area contributed by atoms with Gasteiger partial charge in [0.05, 0.1) is 0 Å². The fourth-order valence-electron chi connectivity index (χ4n) is 2.81. The van der Waals surface area contributed by atoms with Gasteiger partial charge in [-0.1, -0.05) is 25.1 Å². The highest BCUT2D eigenvalue weighted by Crippen LogP contribution is 2.32. The molecule has 0 radical (unpaired) electrons. The number of anilines is 2. The molecule has 1 aliphatic heterocycles. The molecule has 1 aromatic heterocycles. The number of aromatic nitrogens is 2. The molecule has 0 saturated heterocycles. The number of ether oxygens (including phenoxy) is 2. The summed E-state index contributed by atoms with van der Waals surface area (Å²) in [7, 11) is 0. The van der Waals surface area contributed by atoms with Crippen molar-refractivity contribution in [3.05, 3.63) is 71.4 Å². The standard InChI is InChI=1S/C21H20N4O3/c1-2-14-3-6-16(7-4-14)23-21(26)17-8-10-20(25-24-17)22-12-15-5-9-18-19(11-15)28-13-27-18/h3-11H,2,12-13H2,1H3,(H,22,25)(H,23,26). The summed E-state index contributed by atoms with van der Waals surface area (Å²) in [4.78, 5) is 12.3. The van der Waals surface area contributed by atoms with Crippen molar-refractivity contribution < 1.29 is 14.3 Å². The molecule has 7 heteroatoms. The van der Waals surface area contributed by atoms with Crippen LogP contribution in [0.5, 0.6) is 11.5 Å². The molecule has 0 bridgehead atoms. The predicted octanol–water partition coefficient (Wildman–Crippen LogP) is 3.63. The van der Waals surface area contributed by atoms with Crippen LogP contribution in [-0.4, -0.2) is 22.9 Å². The number of amides is 1. The van der Waals surface area contributed by atoms with E-state index in [2.05, 4.69) is 27.8 Å². The molecule has 1 aliphatic rings. The molecule has 0 spiro atoms. The third-order valence-electron chi connectivity index (χ3n) is 4.43. The summed E-state index contributed by atoms with van der Waals surface area (Å²) in [5.41, 5.74) is 3.24. The zero-order valence-electron chi connectivity index (χ0n) is 15.4. The summed E-state index contributed by atoms with van der Waals surface area (Å²) < 4.78 is 10.7. The van der Waals surface area contributed by atoms with E-state index in [4.69, 9.17) is 9.47 Å². The number of hydrogen-bond donors (Lipinski definition) is 2. The van der Waals surface area contributed by atoms with E-state index >= 15 is 0 Å². The first kappa shape index (κ1) is 17.8. The van der Waals surface area contributed by atoms with Crippen LogP contribution in [0.25, 0.3) is 0 Å². The molecule has 142 valence electrons. The van der Waals surface area contributed by atoms with Gasteiger partial charge < -0.3 is 20.1 Å². The second-order valence-corrected chi connectivity index (χ2v) is 6.35. The Hall–Kier alpha value is -3.61. The highest BCUT2D eigenvalue weighted by Gasteiger charge is 2.13. The van der Waals surface area contributed by atoms with Crippen LogP contribution >= 0.6 is 0 Å².